The van der Waals surface area contributed by atoms with Crippen LogP contribution >= 0.6 is 0 Å². The van der Waals surface area contributed by atoms with E-state index >= 15 is 0 Å². The molecule has 0 bridgehead atoms. The average Bonchev–Trinajstić information content (AvgIpc) is 2.75. The molecule has 0 N–H and O–H groups in total. The van der Waals surface area contributed by atoms with Crippen molar-refractivity contribution in [1.29, 1.82) is 5.26 Å². The first-order valence-electron chi connectivity index (χ1n) is 11.6. The normalized spacial score (nSPS) is 19.7. The van der Waals surface area contributed by atoms with Crippen LogP contribution in [0.1, 0.15) is 70.9 Å². The number of carbonyl (C=O) groups is 1. The minimum atomic E-state index is -1.07. The van der Waals surface area contributed by atoms with E-state index in [1.807, 2.05) is 24.3 Å². The van der Waals surface area contributed by atoms with E-state index in [1.54, 1.807) is 0 Å². The summed E-state index contributed by atoms with van der Waals surface area (Å²) in [5.41, 5.74) is 1.87. The van der Waals surface area contributed by atoms with E-state index in [2.05, 4.69) is 31.7 Å². The maximum absolute atomic E-state index is 12.8. The second-order valence-corrected chi connectivity index (χ2v) is 8.92. The van der Waals surface area contributed by atoms with Gasteiger partial charge < -0.3 is 9.64 Å². The molecule has 3 unspecified atom stereocenters. The molecule has 1 aliphatic heterocycles. The van der Waals surface area contributed by atoms with E-state index in [9.17, 15) is 10.1 Å². The number of unbranched alkanes of at least 4 members (excludes halogenated alkanes) is 4. The van der Waals surface area contributed by atoms with Gasteiger partial charge in [0.15, 0.2) is 11.7 Å². The van der Waals surface area contributed by atoms with Crippen LogP contribution < -0.4 is 4.90 Å². The lowest BCUT2D eigenvalue weighted by Crippen LogP contribution is -2.40. The summed E-state index contributed by atoms with van der Waals surface area (Å²) in [5, 5.41) is 9.88. The number of aromatic nitrogens is 2. The van der Waals surface area contributed by atoms with Crippen LogP contribution in [0.25, 0.3) is 11.0 Å². The molecule has 0 radical (unpaired) electrons. The van der Waals surface area contributed by atoms with Gasteiger partial charge in [-0.1, -0.05) is 58.6 Å². The number of hydrogen-bond acceptors (Lipinski definition) is 6. The van der Waals surface area contributed by atoms with Crippen molar-refractivity contribution >= 4 is 22.8 Å². The van der Waals surface area contributed by atoms with E-state index in [0.29, 0.717) is 35.5 Å². The molecule has 1 aromatic heterocycles. The molecular formula is C25H34N4O2. The predicted molar refractivity (Wildman–Crippen MR) is 123 cm³/mol. The maximum atomic E-state index is 12.8. The molecule has 6 heteroatoms. The monoisotopic (exact) mass is 422 g/mol. The molecule has 0 amide bonds. The molecule has 1 aromatic carbocycles. The number of esters is 1. The summed E-state index contributed by atoms with van der Waals surface area (Å²) < 4.78 is 5.48. The van der Waals surface area contributed by atoms with Gasteiger partial charge in [0.25, 0.3) is 0 Å². The summed E-state index contributed by atoms with van der Waals surface area (Å²) in [6.45, 7) is 8.65. The summed E-state index contributed by atoms with van der Waals surface area (Å²) in [6, 6.07) is 9.74. The van der Waals surface area contributed by atoms with E-state index in [0.717, 1.165) is 44.3 Å². The second kappa shape index (κ2) is 11.1. The molecule has 3 rings (SSSR count). The molecule has 0 saturated carbocycles. The van der Waals surface area contributed by atoms with Crippen LogP contribution in [-0.2, 0) is 9.53 Å². The molecule has 6 nitrogen and oxygen atoms in total. The Balaban J connectivity index is 1.85. The van der Waals surface area contributed by atoms with Gasteiger partial charge in [-0.05, 0) is 36.8 Å². The van der Waals surface area contributed by atoms with Crippen molar-refractivity contribution in [2.75, 3.05) is 24.6 Å². The number of benzene rings is 1. The zero-order valence-corrected chi connectivity index (χ0v) is 19.0. The van der Waals surface area contributed by atoms with Crippen molar-refractivity contribution in [3.8, 4) is 6.07 Å². The molecule has 1 fully saturated rings. The minimum Gasteiger partial charge on any atom is -0.464 e. The first kappa shape index (κ1) is 23.0. The molecule has 2 aromatic rings. The van der Waals surface area contributed by atoms with Gasteiger partial charge in [0.05, 0.1) is 23.7 Å². The largest absolute Gasteiger partial charge is 0.464 e. The Bertz CT molecular complexity index is 913. The summed E-state index contributed by atoms with van der Waals surface area (Å²) in [4.78, 5) is 24.6. The fourth-order valence-electron chi connectivity index (χ4n) is 4.45. The van der Waals surface area contributed by atoms with Gasteiger partial charge in [0, 0.05) is 13.1 Å². The summed E-state index contributed by atoms with van der Waals surface area (Å²) in [6.07, 6.45) is 6.52. The standard InChI is InChI=1S/C25H34N4O2/c1-4-5-6-7-10-13-31-25(30)20(15-26)23-24(29-16-18(2)14-19(3)17-29)28-22-12-9-8-11-21(22)27-23/h8-9,11-12,18-20H,4-7,10,13-14,16-17H2,1-3H3. The smallest absolute Gasteiger partial charge is 0.329 e. The van der Waals surface area contributed by atoms with Crippen molar-refractivity contribution < 1.29 is 9.53 Å². The summed E-state index contributed by atoms with van der Waals surface area (Å²) in [7, 11) is 0. The average molecular weight is 423 g/mol. The van der Waals surface area contributed by atoms with Crippen LogP contribution in [0.15, 0.2) is 24.3 Å². The molecule has 1 aliphatic rings. The Morgan fingerprint density at radius 1 is 1.13 bits per heavy atom. The van der Waals surface area contributed by atoms with E-state index in [-0.39, 0.29) is 0 Å². The highest BCUT2D eigenvalue weighted by atomic mass is 16.5. The van der Waals surface area contributed by atoms with Crippen LogP contribution in [0, 0.1) is 23.2 Å². The molecule has 2 heterocycles. The van der Waals surface area contributed by atoms with Crippen molar-refractivity contribution in [3.05, 3.63) is 30.0 Å². The van der Waals surface area contributed by atoms with Crippen LogP contribution in [0.5, 0.6) is 0 Å². The van der Waals surface area contributed by atoms with Crippen molar-refractivity contribution in [1.82, 2.24) is 9.97 Å². The van der Waals surface area contributed by atoms with E-state index in [1.165, 1.54) is 12.8 Å². The van der Waals surface area contributed by atoms with Gasteiger partial charge in [-0.25, -0.2) is 9.97 Å². The number of hydrogen-bond donors (Lipinski definition) is 0. The zero-order chi connectivity index (χ0) is 22.2. The third-order valence-electron chi connectivity index (χ3n) is 5.88. The van der Waals surface area contributed by atoms with Gasteiger partial charge >= 0.3 is 5.97 Å². The van der Waals surface area contributed by atoms with E-state index < -0.39 is 11.9 Å². The van der Waals surface area contributed by atoms with Gasteiger partial charge in [0.2, 0.25) is 0 Å². The highest BCUT2D eigenvalue weighted by molar-refractivity contribution is 5.85. The lowest BCUT2D eigenvalue weighted by molar-refractivity contribution is -0.144. The SMILES string of the molecule is CCCCCCCOC(=O)C(C#N)c1nc2ccccc2nc1N1CC(C)CC(C)C1. The first-order chi connectivity index (χ1) is 15.0. The molecule has 31 heavy (non-hydrogen) atoms. The van der Waals surface area contributed by atoms with Gasteiger partial charge in [-0.15, -0.1) is 0 Å². The lowest BCUT2D eigenvalue weighted by Gasteiger charge is -2.36. The maximum Gasteiger partial charge on any atom is 0.329 e. The highest BCUT2D eigenvalue weighted by Gasteiger charge is 2.32. The Labute approximate surface area is 185 Å². The zero-order valence-electron chi connectivity index (χ0n) is 19.0. The van der Waals surface area contributed by atoms with Gasteiger partial charge in [-0.3, -0.25) is 4.79 Å². The van der Waals surface area contributed by atoms with Crippen LogP contribution in [0.2, 0.25) is 0 Å². The Morgan fingerprint density at radius 3 is 2.42 bits per heavy atom. The number of nitriles is 1. The lowest BCUT2D eigenvalue weighted by atomic mass is 9.91. The fraction of sp³-hybridized carbons (Fsp3) is 0.600. The number of para-hydroxylation sites is 2. The third-order valence-corrected chi connectivity index (χ3v) is 5.88. The van der Waals surface area contributed by atoms with Crippen LogP contribution in [-0.4, -0.2) is 35.6 Å². The molecule has 0 spiro atoms. The molecule has 0 aliphatic carbocycles. The number of carbonyl (C=O) groups excluding carboxylic acids is 1. The third kappa shape index (κ3) is 5.94. The Kier molecular flexibility index (Phi) is 8.22. The number of nitrogens with zero attached hydrogens (tertiary/aromatic N) is 4. The van der Waals surface area contributed by atoms with Crippen molar-refractivity contribution in [3.63, 3.8) is 0 Å². The number of anilines is 1. The van der Waals surface area contributed by atoms with Gasteiger partial charge in [-0.2, -0.15) is 5.26 Å². The number of rotatable bonds is 9. The topological polar surface area (TPSA) is 79.1 Å². The first-order valence-corrected chi connectivity index (χ1v) is 11.6. The van der Waals surface area contributed by atoms with Crippen molar-refractivity contribution in [2.45, 2.75) is 65.2 Å². The fourth-order valence-corrected chi connectivity index (χ4v) is 4.45. The van der Waals surface area contributed by atoms with Crippen LogP contribution in [0.4, 0.5) is 5.82 Å². The second-order valence-electron chi connectivity index (χ2n) is 8.92. The number of piperidine rings is 1. The molecule has 3 atom stereocenters. The molecular weight excluding hydrogens is 388 g/mol. The van der Waals surface area contributed by atoms with E-state index in [4.69, 9.17) is 14.7 Å². The predicted octanol–water partition coefficient (Wildman–Crippen LogP) is 5.23. The molecule has 1 saturated heterocycles. The van der Waals surface area contributed by atoms with Crippen LogP contribution in [0.3, 0.4) is 0 Å². The Hall–Kier alpha value is -2.68. The summed E-state index contributed by atoms with van der Waals surface area (Å²) in [5.74, 6) is 0.0710. The highest BCUT2D eigenvalue weighted by Crippen LogP contribution is 2.32. The number of fused-ring (bicyclic) bond motifs is 1. The quantitative estimate of drug-likeness (QED) is 0.406. The van der Waals surface area contributed by atoms with Crippen molar-refractivity contribution in [2.24, 2.45) is 11.8 Å². The number of ether oxygens (including phenoxy) is 1. The summed E-state index contributed by atoms with van der Waals surface area (Å²) >= 11 is 0. The molecule has 166 valence electrons. The Morgan fingerprint density at radius 2 is 1.77 bits per heavy atom. The minimum absolute atomic E-state index is 0.342. The van der Waals surface area contributed by atoms with Gasteiger partial charge in [0.1, 0.15) is 5.69 Å².